The number of nitrogens with two attached hydrogens (primary N) is 2. The molecule has 1 rings (SSSR count). The molecule has 1 aromatic carbocycles. The number of benzene rings is 1. The maximum Gasteiger partial charge on any atom is 0.334 e. The van der Waals surface area contributed by atoms with Gasteiger partial charge in [0.15, 0.2) is 11.6 Å². The first-order valence-corrected chi connectivity index (χ1v) is 6.51. The lowest BCUT2D eigenvalue weighted by Crippen LogP contribution is -2.60. The second-order valence-corrected chi connectivity index (χ2v) is 5.07. The monoisotopic (exact) mass is 340 g/mol. The van der Waals surface area contributed by atoms with Gasteiger partial charge in [-0.05, 0) is 0 Å². The number of aliphatic hydroxyl groups excluding tert-OH is 2. The van der Waals surface area contributed by atoms with Gasteiger partial charge in [0.25, 0.3) is 0 Å². The van der Waals surface area contributed by atoms with Crippen molar-refractivity contribution >= 4 is 23.5 Å². The molecule has 10 heteroatoms. The predicted molar refractivity (Wildman–Crippen MR) is 78.4 cm³/mol. The van der Waals surface area contributed by atoms with Gasteiger partial charge in [0.05, 0.1) is 13.2 Å². The zero-order chi connectivity index (χ0) is 18.7. The first-order chi connectivity index (χ1) is 11.1. The Bertz CT molecular complexity index is 645. The number of aliphatic carboxylic acids is 2. The quantitative estimate of drug-likeness (QED) is 0.219. The Hall–Kier alpha value is -2.66. The van der Waals surface area contributed by atoms with Gasteiger partial charge in [0.1, 0.15) is 0 Å². The molecule has 10 nitrogen and oxygen atoms in total. The number of aliphatic hydroxyl groups is 2. The van der Waals surface area contributed by atoms with Crippen LogP contribution in [0.2, 0.25) is 0 Å². The van der Waals surface area contributed by atoms with Crippen LogP contribution in [0.4, 0.5) is 0 Å². The Morgan fingerprint density at radius 3 is 1.29 bits per heavy atom. The van der Waals surface area contributed by atoms with Crippen LogP contribution in [-0.4, -0.2) is 68.2 Å². The summed E-state index contributed by atoms with van der Waals surface area (Å²) in [5, 5.41) is 36.4. The molecule has 2 unspecified atom stereocenters. The van der Waals surface area contributed by atoms with E-state index in [0.717, 1.165) is 12.1 Å². The van der Waals surface area contributed by atoms with E-state index in [-0.39, 0.29) is 0 Å². The van der Waals surface area contributed by atoms with Crippen LogP contribution in [0.5, 0.6) is 0 Å². The summed E-state index contributed by atoms with van der Waals surface area (Å²) < 4.78 is 0. The fourth-order valence-corrected chi connectivity index (χ4v) is 1.83. The Morgan fingerprint density at radius 1 is 0.792 bits per heavy atom. The summed E-state index contributed by atoms with van der Waals surface area (Å²) in [5.41, 5.74) is 4.23. The van der Waals surface area contributed by atoms with Gasteiger partial charge in [-0.1, -0.05) is 24.3 Å². The SMILES string of the molecule is NC(CO)(C(=O)O)C(=O)c1ccccc1C(=O)C(N)(CO)C(=O)O. The Kier molecular flexibility index (Phi) is 5.53. The molecule has 1 aromatic rings. The third kappa shape index (κ3) is 3.03. The molecule has 0 amide bonds. The maximum absolute atomic E-state index is 12.4. The molecule has 0 heterocycles. The first-order valence-electron chi connectivity index (χ1n) is 6.51. The highest BCUT2D eigenvalue weighted by Crippen LogP contribution is 2.20. The van der Waals surface area contributed by atoms with Gasteiger partial charge in [0.2, 0.25) is 11.1 Å². The minimum Gasteiger partial charge on any atom is -0.479 e. The Labute approximate surface area is 135 Å². The van der Waals surface area contributed by atoms with Crippen molar-refractivity contribution in [1.82, 2.24) is 0 Å². The second-order valence-electron chi connectivity index (χ2n) is 5.07. The van der Waals surface area contributed by atoms with Crippen molar-refractivity contribution in [2.24, 2.45) is 11.5 Å². The van der Waals surface area contributed by atoms with E-state index in [1.54, 1.807) is 0 Å². The van der Waals surface area contributed by atoms with Crippen LogP contribution in [0.3, 0.4) is 0 Å². The number of carboxylic acid groups (broad SMARTS) is 2. The number of carboxylic acids is 2. The van der Waals surface area contributed by atoms with Crippen molar-refractivity contribution in [3.05, 3.63) is 35.4 Å². The number of carbonyl (C=O) groups is 4. The molecule has 0 aliphatic rings. The average molecular weight is 340 g/mol. The van der Waals surface area contributed by atoms with Crippen molar-refractivity contribution in [2.45, 2.75) is 11.1 Å². The first kappa shape index (κ1) is 19.4. The maximum atomic E-state index is 12.4. The number of rotatable bonds is 8. The number of ketones is 2. The van der Waals surface area contributed by atoms with Crippen LogP contribution in [0.1, 0.15) is 20.7 Å². The van der Waals surface area contributed by atoms with E-state index in [1.807, 2.05) is 0 Å². The summed E-state index contributed by atoms with van der Waals surface area (Å²) in [4.78, 5) is 47.1. The van der Waals surface area contributed by atoms with E-state index >= 15 is 0 Å². The molecule has 24 heavy (non-hydrogen) atoms. The van der Waals surface area contributed by atoms with Crippen molar-refractivity contribution in [3.63, 3.8) is 0 Å². The molecular formula is C14H16N2O8. The lowest BCUT2D eigenvalue weighted by Gasteiger charge is -2.24. The number of Topliss-reactive ketones (excluding diaryl/α,β-unsaturated/α-hetero) is 2. The Balaban J connectivity index is 3.52. The summed E-state index contributed by atoms with van der Waals surface area (Å²) in [6.45, 7) is -2.51. The summed E-state index contributed by atoms with van der Waals surface area (Å²) in [6, 6.07) is 4.63. The number of hydrogen-bond acceptors (Lipinski definition) is 8. The van der Waals surface area contributed by atoms with E-state index in [4.69, 9.17) is 31.9 Å². The van der Waals surface area contributed by atoms with E-state index in [9.17, 15) is 19.2 Å². The third-order valence-corrected chi connectivity index (χ3v) is 3.49. The second kappa shape index (κ2) is 6.84. The van der Waals surface area contributed by atoms with Gasteiger partial charge >= 0.3 is 11.9 Å². The van der Waals surface area contributed by atoms with Crippen LogP contribution in [-0.2, 0) is 9.59 Å². The third-order valence-electron chi connectivity index (χ3n) is 3.49. The van der Waals surface area contributed by atoms with Gasteiger partial charge in [-0.2, -0.15) is 0 Å². The largest absolute Gasteiger partial charge is 0.479 e. The molecule has 0 spiro atoms. The van der Waals surface area contributed by atoms with E-state index in [0.29, 0.717) is 0 Å². The van der Waals surface area contributed by atoms with Crippen molar-refractivity contribution in [3.8, 4) is 0 Å². The van der Waals surface area contributed by atoms with Crippen LogP contribution >= 0.6 is 0 Å². The molecule has 0 aromatic heterocycles. The molecule has 0 aliphatic carbocycles. The fourth-order valence-electron chi connectivity index (χ4n) is 1.83. The molecule has 2 atom stereocenters. The highest BCUT2D eigenvalue weighted by molar-refractivity contribution is 6.24. The van der Waals surface area contributed by atoms with Gasteiger partial charge in [-0.25, -0.2) is 9.59 Å². The van der Waals surface area contributed by atoms with E-state index in [1.165, 1.54) is 12.1 Å². The highest BCUT2D eigenvalue weighted by Gasteiger charge is 2.47. The summed E-state index contributed by atoms with van der Waals surface area (Å²) in [6.07, 6.45) is 0. The molecule has 0 fully saturated rings. The lowest BCUT2D eigenvalue weighted by molar-refractivity contribution is -0.143. The van der Waals surface area contributed by atoms with E-state index in [2.05, 4.69) is 0 Å². The molecule has 0 radical (unpaired) electrons. The molecule has 0 saturated carbocycles. The fraction of sp³-hybridized carbons (Fsp3) is 0.286. The lowest BCUT2D eigenvalue weighted by atomic mass is 9.83. The molecule has 8 N–H and O–H groups in total. The number of hydrogen-bond donors (Lipinski definition) is 6. The standard InChI is InChI=1S/C14H16N2O8/c15-13(5-17,11(21)22)9(19)7-3-1-2-4-8(7)10(20)14(16,6-18)12(23)24/h1-4,17-18H,5-6,15-16H2,(H,21,22)(H,23,24). The number of carbonyl (C=O) groups excluding carboxylic acids is 2. The zero-order valence-corrected chi connectivity index (χ0v) is 12.3. The van der Waals surface area contributed by atoms with Crippen LogP contribution in [0.25, 0.3) is 0 Å². The molecule has 0 saturated heterocycles. The highest BCUT2D eigenvalue weighted by atomic mass is 16.4. The molecule has 0 aliphatic heterocycles. The topological polar surface area (TPSA) is 201 Å². The summed E-state index contributed by atoms with van der Waals surface area (Å²) in [5.74, 6) is -6.30. The molecular weight excluding hydrogens is 324 g/mol. The van der Waals surface area contributed by atoms with Crippen LogP contribution in [0, 0.1) is 0 Å². The smallest absolute Gasteiger partial charge is 0.334 e. The van der Waals surface area contributed by atoms with Crippen molar-refractivity contribution in [1.29, 1.82) is 0 Å². The Morgan fingerprint density at radius 2 is 1.08 bits per heavy atom. The minimum absolute atomic E-state index is 0.536. The predicted octanol–water partition coefficient (Wildman–Crippen LogP) is -2.40. The zero-order valence-electron chi connectivity index (χ0n) is 12.3. The average Bonchev–Trinajstić information content (AvgIpc) is 2.58. The minimum atomic E-state index is -2.73. The van der Waals surface area contributed by atoms with Gasteiger partial charge in [0, 0.05) is 11.1 Å². The van der Waals surface area contributed by atoms with Crippen LogP contribution < -0.4 is 11.5 Å². The van der Waals surface area contributed by atoms with Gasteiger partial charge in [-0.15, -0.1) is 0 Å². The van der Waals surface area contributed by atoms with Crippen LogP contribution in [0.15, 0.2) is 24.3 Å². The molecule has 130 valence electrons. The van der Waals surface area contributed by atoms with E-state index < -0.39 is 58.9 Å². The summed E-state index contributed by atoms with van der Waals surface area (Å²) in [7, 11) is 0. The normalized spacial score (nSPS) is 15.8. The summed E-state index contributed by atoms with van der Waals surface area (Å²) >= 11 is 0. The van der Waals surface area contributed by atoms with Crippen molar-refractivity contribution in [2.75, 3.05) is 13.2 Å². The van der Waals surface area contributed by atoms with Crippen molar-refractivity contribution < 1.29 is 39.6 Å². The molecule has 0 bridgehead atoms. The van der Waals surface area contributed by atoms with Gasteiger partial charge < -0.3 is 31.9 Å². The van der Waals surface area contributed by atoms with Gasteiger partial charge in [-0.3, -0.25) is 9.59 Å².